The van der Waals surface area contributed by atoms with Crippen LogP contribution in [0.5, 0.6) is 0 Å². The van der Waals surface area contributed by atoms with Crippen molar-refractivity contribution in [3.05, 3.63) is 76.2 Å². The van der Waals surface area contributed by atoms with Crippen LogP contribution in [0.15, 0.2) is 47.7 Å². The summed E-state index contributed by atoms with van der Waals surface area (Å²) in [5, 5.41) is 9.50. The Morgan fingerprint density at radius 2 is 1.95 bits per heavy atom. The molecule has 3 aromatic rings. The van der Waals surface area contributed by atoms with Crippen molar-refractivity contribution in [3.63, 3.8) is 0 Å². The van der Waals surface area contributed by atoms with E-state index >= 15 is 0 Å². The highest BCUT2D eigenvalue weighted by molar-refractivity contribution is 6.04. The SMILES string of the molecule is CCN1CCN(Cc2ccc(C(=O)Nc3cc(C#CC4CN=Cc5[nH]ncc54)ccn3)cc2C(F)(F)F)CC1. The summed E-state index contributed by atoms with van der Waals surface area (Å²) in [5.74, 6) is 5.64. The first-order chi connectivity index (χ1) is 18.8. The van der Waals surface area contributed by atoms with E-state index in [1.165, 1.54) is 18.3 Å². The van der Waals surface area contributed by atoms with E-state index in [9.17, 15) is 18.0 Å². The van der Waals surface area contributed by atoms with E-state index in [2.05, 4.69) is 49.2 Å². The number of anilines is 1. The third kappa shape index (κ3) is 6.35. The second-order valence-corrected chi connectivity index (χ2v) is 9.52. The zero-order valence-corrected chi connectivity index (χ0v) is 21.4. The van der Waals surface area contributed by atoms with Crippen LogP contribution in [0.25, 0.3) is 0 Å². The van der Waals surface area contributed by atoms with E-state index in [1.54, 1.807) is 24.5 Å². The molecule has 1 unspecified atom stereocenters. The Labute approximate surface area is 224 Å². The van der Waals surface area contributed by atoms with Gasteiger partial charge in [-0.25, -0.2) is 4.98 Å². The van der Waals surface area contributed by atoms with E-state index in [0.29, 0.717) is 25.2 Å². The fourth-order valence-corrected chi connectivity index (χ4v) is 4.72. The van der Waals surface area contributed by atoms with Crippen LogP contribution in [0.2, 0.25) is 0 Å². The lowest BCUT2D eigenvalue weighted by atomic mass is 9.98. The van der Waals surface area contributed by atoms with E-state index in [4.69, 9.17) is 0 Å². The van der Waals surface area contributed by atoms with Gasteiger partial charge in [-0.15, -0.1) is 0 Å². The predicted molar refractivity (Wildman–Crippen MR) is 142 cm³/mol. The number of aliphatic imine (C=N–C) groups is 1. The number of hydrogen-bond donors (Lipinski definition) is 2. The number of fused-ring (bicyclic) bond motifs is 1. The molecular weight excluding hydrogens is 507 g/mol. The molecule has 39 heavy (non-hydrogen) atoms. The van der Waals surface area contributed by atoms with Crippen molar-refractivity contribution in [2.45, 2.75) is 25.6 Å². The highest BCUT2D eigenvalue weighted by Crippen LogP contribution is 2.33. The summed E-state index contributed by atoms with van der Waals surface area (Å²) in [4.78, 5) is 25.6. The molecule has 2 aromatic heterocycles. The number of piperazine rings is 1. The maximum Gasteiger partial charge on any atom is 0.416 e. The maximum atomic E-state index is 14.0. The number of likely N-dealkylation sites (N-methyl/N-ethyl adjacent to an activating group) is 1. The van der Waals surface area contributed by atoms with Gasteiger partial charge in [0.15, 0.2) is 0 Å². The minimum Gasteiger partial charge on any atom is -0.307 e. The topological polar surface area (TPSA) is 89.5 Å². The van der Waals surface area contributed by atoms with Crippen LogP contribution in [0.1, 0.15) is 51.1 Å². The minimum atomic E-state index is -4.58. The number of aromatic nitrogens is 3. The first kappa shape index (κ1) is 26.6. The first-order valence-electron chi connectivity index (χ1n) is 12.8. The quantitative estimate of drug-likeness (QED) is 0.486. The maximum absolute atomic E-state index is 14.0. The van der Waals surface area contributed by atoms with Crippen LogP contribution in [-0.2, 0) is 12.7 Å². The third-order valence-electron chi connectivity index (χ3n) is 6.96. The number of aromatic amines is 1. The molecule has 8 nitrogen and oxygen atoms in total. The van der Waals surface area contributed by atoms with Crippen molar-refractivity contribution in [1.29, 1.82) is 0 Å². The zero-order chi connectivity index (χ0) is 27.4. The number of carbonyl (C=O) groups excluding carboxylic acids is 1. The van der Waals surface area contributed by atoms with E-state index < -0.39 is 17.6 Å². The molecule has 0 radical (unpaired) electrons. The number of amides is 1. The van der Waals surface area contributed by atoms with Crippen LogP contribution in [0.3, 0.4) is 0 Å². The molecule has 0 spiro atoms. The van der Waals surface area contributed by atoms with Gasteiger partial charge >= 0.3 is 6.18 Å². The molecule has 202 valence electrons. The van der Waals surface area contributed by atoms with Crippen LogP contribution in [0.4, 0.5) is 19.0 Å². The lowest BCUT2D eigenvalue weighted by molar-refractivity contribution is -0.138. The lowest BCUT2D eigenvalue weighted by Crippen LogP contribution is -2.45. The molecule has 11 heteroatoms. The molecule has 2 N–H and O–H groups in total. The normalized spacial score (nSPS) is 17.8. The van der Waals surface area contributed by atoms with Gasteiger partial charge in [-0.1, -0.05) is 24.8 Å². The highest BCUT2D eigenvalue weighted by Gasteiger charge is 2.34. The van der Waals surface area contributed by atoms with Crippen molar-refractivity contribution < 1.29 is 18.0 Å². The summed E-state index contributed by atoms with van der Waals surface area (Å²) >= 11 is 0. The van der Waals surface area contributed by atoms with Gasteiger partial charge in [0, 0.05) is 61.8 Å². The Kier molecular flexibility index (Phi) is 7.77. The van der Waals surface area contributed by atoms with Crippen LogP contribution in [-0.4, -0.2) is 76.4 Å². The number of pyridine rings is 1. The molecule has 1 saturated heterocycles. The molecule has 0 aliphatic carbocycles. The van der Waals surface area contributed by atoms with Gasteiger partial charge < -0.3 is 10.2 Å². The van der Waals surface area contributed by atoms with Gasteiger partial charge in [0.1, 0.15) is 5.82 Å². The zero-order valence-electron chi connectivity index (χ0n) is 21.4. The summed E-state index contributed by atoms with van der Waals surface area (Å²) in [7, 11) is 0. The Morgan fingerprint density at radius 1 is 1.15 bits per heavy atom. The molecule has 1 atom stereocenters. The van der Waals surface area contributed by atoms with Crippen LogP contribution < -0.4 is 5.32 Å². The highest BCUT2D eigenvalue weighted by atomic mass is 19.4. The van der Waals surface area contributed by atoms with Crippen LogP contribution >= 0.6 is 0 Å². The summed E-state index contributed by atoms with van der Waals surface area (Å²) in [6, 6.07) is 7.03. The average molecular weight is 536 g/mol. The number of nitrogens with one attached hydrogen (secondary N) is 2. The number of halogens is 3. The number of hydrogen-bond acceptors (Lipinski definition) is 6. The molecule has 1 amide bonds. The van der Waals surface area contributed by atoms with Gasteiger partial charge in [-0.05, 0) is 36.4 Å². The van der Waals surface area contributed by atoms with Crippen molar-refractivity contribution in [3.8, 4) is 11.8 Å². The molecule has 0 saturated carbocycles. The minimum absolute atomic E-state index is 0.0901. The van der Waals surface area contributed by atoms with Gasteiger partial charge in [0.25, 0.3) is 5.91 Å². The summed E-state index contributed by atoms with van der Waals surface area (Å²) in [6.07, 6.45) is 0.364. The number of alkyl halides is 3. The third-order valence-corrected chi connectivity index (χ3v) is 6.96. The van der Waals surface area contributed by atoms with Crippen molar-refractivity contribution in [1.82, 2.24) is 25.0 Å². The summed E-state index contributed by atoms with van der Waals surface area (Å²) in [5.41, 5.74) is 1.67. The Bertz CT molecular complexity index is 1430. The van der Waals surface area contributed by atoms with E-state index in [-0.39, 0.29) is 29.4 Å². The van der Waals surface area contributed by atoms with Gasteiger partial charge in [0.2, 0.25) is 0 Å². The van der Waals surface area contributed by atoms with Crippen LogP contribution in [0, 0.1) is 11.8 Å². The first-order valence-corrected chi connectivity index (χ1v) is 12.8. The van der Waals surface area contributed by atoms with Gasteiger partial charge in [-0.3, -0.25) is 19.8 Å². The summed E-state index contributed by atoms with van der Waals surface area (Å²) in [6.45, 7) is 6.76. The number of nitrogens with zero attached hydrogens (tertiary/aromatic N) is 5. The van der Waals surface area contributed by atoms with Crippen molar-refractivity contribution >= 4 is 17.9 Å². The fourth-order valence-electron chi connectivity index (χ4n) is 4.72. The molecule has 5 rings (SSSR count). The average Bonchev–Trinajstić information content (AvgIpc) is 3.42. The predicted octanol–water partition coefficient (Wildman–Crippen LogP) is 3.78. The largest absolute Gasteiger partial charge is 0.416 e. The Hall–Kier alpha value is -4.01. The number of benzene rings is 1. The second-order valence-electron chi connectivity index (χ2n) is 9.52. The number of carbonyl (C=O) groups is 1. The number of H-pyrrole nitrogens is 1. The molecular formula is C28H28F3N7O. The molecule has 1 aromatic carbocycles. The molecule has 1 fully saturated rings. The van der Waals surface area contributed by atoms with Crippen molar-refractivity contribution in [2.24, 2.45) is 4.99 Å². The summed E-state index contributed by atoms with van der Waals surface area (Å²) < 4.78 is 41.9. The van der Waals surface area contributed by atoms with Crippen molar-refractivity contribution in [2.75, 3.05) is 44.6 Å². The second kappa shape index (κ2) is 11.4. The van der Waals surface area contributed by atoms with E-state index in [1.807, 2.05) is 4.90 Å². The molecule has 2 aliphatic heterocycles. The Balaban J connectivity index is 1.29. The molecule has 2 aliphatic rings. The van der Waals surface area contributed by atoms with Gasteiger partial charge in [-0.2, -0.15) is 18.3 Å². The fraction of sp³-hybridized carbons (Fsp3) is 0.357. The smallest absolute Gasteiger partial charge is 0.307 e. The Morgan fingerprint density at radius 3 is 2.72 bits per heavy atom. The molecule has 4 heterocycles. The molecule has 0 bridgehead atoms. The number of rotatable bonds is 5. The van der Waals surface area contributed by atoms with Gasteiger partial charge in [0.05, 0.1) is 29.9 Å². The monoisotopic (exact) mass is 535 g/mol. The standard InChI is InChI=1S/C28H28F3N7O/c1-2-37-9-11-38(12-10-37)18-22-6-5-20(14-24(22)28(29,30)31)27(39)35-26-13-19(7-8-33-26)3-4-21-15-32-17-25-23(21)16-34-36-25/h5-8,13-14,16-17,21H,2,9-12,15,18H2,1H3,(H,34,36)(H,33,35,39). The lowest BCUT2D eigenvalue weighted by Gasteiger charge is -2.34. The van der Waals surface area contributed by atoms with E-state index in [0.717, 1.165) is 37.0 Å².